The molecule has 0 unspecified atom stereocenters. The summed E-state index contributed by atoms with van der Waals surface area (Å²) in [5.74, 6) is 2.17. The second-order valence-corrected chi connectivity index (χ2v) is 17.4. The summed E-state index contributed by atoms with van der Waals surface area (Å²) in [5.41, 5.74) is 15.8. The molecule has 0 saturated heterocycles. The summed E-state index contributed by atoms with van der Waals surface area (Å²) in [6, 6.07) is 17.7. The standard InChI is InChI=1S/C35H53O2P.C8H10N.Pd/c1-6-15-26-24-27(16-7-2)33(28(25-26)17-8-3)34-31(36-4)22-23-32(37-5)35(34)38(29-18-11-9-12-19-29)30-20-13-10-14-21-30;9-7-6-8-4-2-1-3-5-8;/h22-25,29-30H,6-21H2,1-5H3;1-4H,6-7,9H2;. The van der Waals surface area contributed by atoms with Crippen LogP contribution in [-0.4, -0.2) is 32.1 Å². The third kappa shape index (κ3) is 10.2. The maximum atomic E-state index is 6.29. The summed E-state index contributed by atoms with van der Waals surface area (Å²) in [5, 5.41) is 1.54. The van der Waals surface area contributed by atoms with E-state index in [-0.39, 0.29) is 7.92 Å². The van der Waals surface area contributed by atoms with Crippen LogP contribution in [0.1, 0.15) is 126 Å². The summed E-state index contributed by atoms with van der Waals surface area (Å²) in [7, 11) is 3.43. The zero-order chi connectivity index (χ0) is 34.3. The van der Waals surface area contributed by atoms with Gasteiger partial charge in [0.15, 0.2) is 0 Å². The molecule has 0 amide bonds. The number of aryl methyl sites for hydroxylation is 3. The molecule has 267 valence electrons. The molecule has 0 aliphatic heterocycles. The molecule has 0 bridgehead atoms. The molecule has 5 heteroatoms. The average Bonchev–Trinajstić information content (AvgIpc) is 3.11. The summed E-state index contributed by atoms with van der Waals surface area (Å²) in [4.78, 5) is 0. The molecule has 0 aromatic heterocycles. The van der Waals surface area contributed by atoms with E-state index in [0.717, 1.165) is 61.3 Å². The van der Waals surface area contributed by atoms with Gasteiger partial charge in [0.2, 0.25) is 0 Å². The molecule has 2 aliphatic rings. The van der Waals surface area contributed by atoms with Crippen LogP contribution in [0.25, 0.3) is 11.1 Å². The van der Waals surface area contributed by atoms with Crippen molar-refractivity contribution in [2.45, 2.75) is 141 Å². The number of benzene rings is 3. The van der Waals surface area contributed by atoms with E-state index in [2.05, 4.69) is 70.3 Å². The summed E-state index contributed by atoms with van der Waals surface area (Å²) >= 11 is 3.18. The molecule has 5 rings (SSSR count). The van der Waals surface area contributed by atoms with Gasteiger partial charge in [-0.1, -0.05) is 98.6 Å². The van der Waals surface area contributed by atoms with Crippen molar-refractivity contribution in [3.8, 4) is 22.6 Å². The van der Waals surface area contributed by atoms with E-state index in [1.807, 2.05) is 32.4 Å². The average molecular weight is 763 g/mol. The van der Waals surface area contributed by atoms with Gasteiger partial charge in [-0.2, -0.15) is 0 Å². The summed E-state index contributed by atoms with van der Waals surface area (Å²) in [6.07, 6.45) is 21.8. The topological polar surface area (TPSA) is 44.5 Å². The van der Waals surface area contributed by atoms with Crippen LogP contribution in [0.2, 0.25) is 0 Å². The van der Waals surface area contributed by atoms with Gasteiger partial charge in [0.1, 0.15) is 11.5 Å². The third-order valence-corrected chi connectivity index (χ3v) is 14.6. The molecule has 2 aliphatic carbocycles. The first-order valence-electron chi connectivity index (χ1n) is 19.1. The van der Waals surface area contributed by atoms with Crippen LogP contribution in [0.5, 0.6) is 11.5 Å². The monoisotopic (exact) mass is 762 g/mol. The molecule has 0 spiro atoms. The molecule has 0 atom stereocenters. The molecule has 3 nitrogen and oxygen atoms in total. The van der Waals surface area contributed by atoms with Gasteiger partial charge in [0.25, 0.3) is 0 Å². The van der Waals surface area contributed by atoms with Crippen LogP contribution in [0.4, 0.5) is 0 Å². The molecule has 3 aromatic carbocycles. The van der Waals surface area contributed by atoms with E-state index in [0.29, 0.717) is 6.54 Å². The molecule has 2 N–H and O–H groups in total. The van der Waals surface area contributed by atoms with E-state index in [1.165, 1.54) is 108 Å². The predicted octanol–water partition coefficient (Wildman–Crippen LogP) is 10.4. The third-order valence-electron chi connectivity index (χ3n) is 10.3. The predicted molar refractivity (Wildman–Crippen MR) is 206 cm³/mol. The van der Waals surface area contributed by atoms with Crippen molar-refractivity contribution < 1.29 is 28.7 Å². The Morgan fingerprint density at radius 2 is 1.17 bits per heavy atom. The van der Waals surface area contributed by atoms with Crippen LogP contribution in [0.15, 0.2) is 48.5 Å². The summed E-state index contributed by atoms with van der Waals surface area (Å²) < 4.78 is 13.7. The van der Waals surface area contributed by atoms with Crippen LogP contribution in [0, 0.1) is 0 Å². The Morgan fingerprint density at radius 1 is 0.646 bits per heavy atom. The van der Waals surface area contributed by atoms with Crippen molar-refractivity contribution in [2.24, 2.45) is 5.73 Å². The second kappa shape index (κ2) is 20.9. The van der Waals surface area contributed by atoms with E-state index < -0.39 is 0 Å². The van der Waals surface area contributed by atoms with Gasteiger partial charge in [-0.15, -0.1) is 0 Å². The number of nitrogens with two attached hydrogens (primary N) is 1. The molecule has 2 saturated carbocycles. The van der Waals surface area contributed by atoms with Gasteiger partial charge in [-0.25, -0.2) is 0 Å². The minimum atomic E-state index is -0.348. The van der Waals surface area contributed by atoms with E-state index >= 15 is 0 Å². The fourth-order valence-electron chi connectivity index (χ4n) is 8.13. The van der Waals surface area contributed by atoms with Gasteiger partial charge < -0.3 is 9.47 Å². The first-order valence-corrected chi connectivity index (χ1v) is 21.3. The van der Waals surface area contributed by atoms with Crippen molar-refractivity contribution >= 4 is 17.3 Å². The van der Waals surface area contributed by atoms with E-state index in [1.54, 1.807) is 5.30 Å². The number of hydrogen-bond acceptors (Lipinski definition) is 3. The Balaban J connectivity index is 0.000000445. The van der Waals surface area contributed by atoms with E-state index in [4.69, 9.17) is 15.2 Å². The Hall–Kier alpha value is -1.69. The fourth-order valence-corrected chi connectivity index (χ4v) is 12.7. The Morgan fingerprint density at radius 3 is 1.65 bits per heavy atom. The van der Waals surface area contributed by atoms with Gasteiger partial charge in [0.05, 0.1) is 14.2 Å². The zero-order valence-electron chi connectivity index (χ0n) is 30.7. The number of hydrogen-bond donors (Lipinski definition) is 1. The van der Waals surface area contributed by atoms with Gasteiger partial charge in [-0.3, -0.25) is 0 Å². The van der Waals surface area contributed by atoms with Gasteiger partial charge in [-0.05, 0) is 90.7 Å². The van der Waals surface area contributed by atoms with Crippen LogP contribution >= 0.6 is 7.92 Å². The SMILES string of the molecule is CCCc1cc(CCC)c(-c2c(OC)ccc(OC)c2P(C2CCCCC2)C2CCCCC2)c(CCC)c1.NCCc1cccc[c]1[Pd]. The number of ether oxygens (including phenoxy) is 2. The zero-order valence-corrected chi connectivity index (χ0v) is 33.1. The van der Waals surface area contributed by atoms with Crippen LogP contribution < -0.4 is 24.5 Å². The van der Waals surface area contributed by atoms with Crippen LogP contribution in [-0.2, 0) is 44.9 Å². The molecule has 48 heavy (non-hydrogen) atoms. The van der Waals surface area contributed by atoms with Crippen molar-refractivity contribution in [1.29, 1.82) is 0 Å². The van der Waals surface area contributed by atoms with Crippen molar-refractivity contribution in [3.63, 3.8) is 0 Å². The molecule has 3 aromatic rings. The molecular formula is C43H63NO2PPd. The molecule has 2 fully saturated rings. The second-order valence-electron chi connectivity index (χ2n) is 13.8. The van der Waals surface area contributed by atoms with Gasteiger partial charge >= 0.3 is 71.8 Å². The van der Waals surface area contributed by atoms with Crippen molar-refractivity contribution in [3.05, 3.63) is 70.8 Å². The fraction of sp³-hybridized carbons (Fsp3) is 0.581. The summed E-state index contributed by atoms with van der Waals surface area (Å²) in [6.45, 7) is 7.68. The quantitative estimate of drug-likeness (QED) is 0.131. The Labute approximate surface area is 305 Å². The van der Waals surface area contributed by atoms with Crippen LogP contribution in [0.3, 0.4) is 0 Å². The number of methoxy groups -OCH3 is 2. The van der Waals surface area contributed by atoms with Gasteiger partial charge in [0, 0.05) is 10.9 Å². The molecular weight excluding hydrogens is 700 g/mol. The Bertz CT molecular complexity index is 1350. The normalized spacial score (nSPS) is 15.7. The first kappa shape index (κ1) is 39.1. The van der Waals surface area contributed by atoms with Crippen molar-refractivity contribution in [2.75, 3.05) is 20.8 Å². The molecule has 0 heterocycles. The minimum absolute atomic E-state index is 0.348. The first-order chi connectivity index (χ1) is 23.5. The van der Waals surface area contributed by atoms with E-state index in [9.17, 15) is 0 Å². The number of rotatable bonds is 14. The maximum absolute atomic E-state index is 6.29. The van der Waals surface area contributed by atoms with Crippen molar-refractivity contribution in [1.82, 2.24) is 0 Å². The Kier molecular flexibility index (Phi) is 17.0. The molecule has 0 radical (unpaired) electrons.